The van der Waals surface area contributed by atoms with Gasteiger partial charge in [0.25, 0.3) is 5.91 Å². The highest BCUT2D eigenvalue weighted by Crippen LogP contribution is 2.20. The van der Waals surface area contributed by atoms with Gasteiger partial charge in [-0.05, 0) is 67.1 Å². The van der Waals surface area contributed by atoms with Crippen LogP contribution in [0.3, 0.4) is 0 Å². The smallest absolute Gasteiger partial charge is 0.316 e. The summed E-state index contributed by atoms with van der Waals surface area (Å²) in [6.45, 7) is 6.29. The predicted octanol–water partition coefficient (Wildman–Crippen LogP) is 2.42. The molecule has 0 aliphatic carbocycles. The molecule has 12 heteroatoms. The van der Waals surface area contributed by atoms with E-state index in [1.54, 1.807) is 22.9 Å². The van der Waals surface area contributed by atoms with E-state index < -0.39 is 5.91 Å². The van der Waals surface area contributed by atoms with Gasteiger partial charge in [-0.2, -0.15) is 10.1 Å². The van der Waals surface area contributed by atoms with Gasteiger partial charge < -0.3 is 19.9 Å². The number of carbonyl (C=O) groups excluding carboxylic acids is 2. The van der Waals surface area contributed by atoms with Crippen molar-refractivity contribution < 1.29 is 18.8 Å². The number of benzene rings is 1. The van der Waals surface area contributed by atoms with Crippen molar-refractivity contribution in [2.24, 2.45) is 0 Å². The van der Waals surface area contributed by atoms with Crippen LogP contribution in [0.25, 0.3) is 0 Å². The minimum Gasteiger partial charge on any atom is -0.484 e. The molecule has 0 radical (unpaired) electrons. The quantitative estimate of drug-likeness (QED) is 0.298. The molecule has 3 rings (SSSR count). The molecular weight excluding hydrogens is 551 g/mol. The van der Waals surface area contributed by atoms with Gasteiger partial charge in [-0.15, -0.1) is 0 Å². The molecule has 3 aromatic rings. The average molecular weight is 573 g/mol. The molecule has 0 spiro atoms. The first kappa shape index (κ1) is 24.0. The lowest BCUT2D eigenvalue weighted by Gasteiger charge is -2.08. The van der Waals surface area contributed by atoms with E-state index in [-0.39, 0.29) is 31.5 Å². The zero-order valence-electron chi connectivity index (χ0n) is 17.7. The highest BCUT2D eigenvalue weighted by atomic mass is 127. The Morgan fingerprint density at radius 2 is 1.97 bits per heavy atom. The first-order chi connectivity index (χ1) is 15.2. The summed E-state index contributed by atoms with van der Waals surface area (Å²) in [7, 11) is 0. The van der Waals surface area contributed by atoms with Gasteiger partial charge in [-0.1, -0.05) is 16.8 Å². The second kappa shape index (κ2) is 10.8. The van der Waals surface area contributed by atoms with E-state index in [9.17, 15) is 9.59 Å². The van der Waals surface area contributed by atoms with Crippen molar-refractivity contribution in [2.45, 2.75) is 27.3 Å². The minimum absolute atomic E-state index is 0.146. The summed E-state index contributed by atoms with van der Waals surface area (Å²) in [4.78, 5) is 28.2. The number of nitrogens with zero attached hydrogens (tertiary/aromatic N) is 4. The highest BCUT2D eigenvalue weighted by molar-refractivity contribution is 14.1. The molecule has 2 heterocycles. The number of amides is 2. The molecule has 2 amide bonds. The first-order valence-electron chi connectivity index (χ1n) is 9.70. The number of ether oxygens (including phenoxy) is 1. The molecular formula is C20H22ClIN6O4. The molecule has 0 bridgehead atoms. The van der Waals surface area contributed by atoms with Crippen LogP contribution < -0.4 is 15.4 Å². The van der Waals surface area contributed by atoms with Crippen molar-refractivity contribution in [1.82, 2.24) is 30.6 Å². The van der Waals surface area contributed by atoms with Crippen LogP contribution in [0.15, 0.2) is 22.7 Å². The number of aromatic nitrogens is 4. The predicted molar refractivity (Wildman–Crippen MR) is 125 cm³/mol. The maximum absolute atomic E-state index is 12.2. The molecule has 32 heavy (non-hydrogen) atoms. The van der Waals surface area contributed by atoms with Crippen molar-refractivity contribution >= 4 is 46.0 Å². The average Bonchev–Trinajstić information content (AvgIpc) is 3.33. The van der Waals surface area contributed by atoms with E-state index in [0.29, 0.717) is 23.1 Å². The molecule has 0 aliphatic heterocycles. The molecule has 170 valence electrons. The van der Waals surface area contributed by atoms with Crippen molar-refractivity contribution in [3.63, 3.8) is 0 Å². The van der Waals surface area contributed by atoms with Gasteiger partial charge in [0, 0.05) is 23.8 Å². The van der Waals surface area contributed by atoms with Gasteiger partial charge in [-0.3, -0.25) is 14.3 Å². The lowest BCUT2D eigenvalue weighted by molar-refractivity contribution is -0.123. The second-order valence-electron chi connectivity index (χ2n) is 6.96. The van der Waals surface area contributed by atoms with E-state index in [4.69, 9.17) is 20.9 Å². The van der Waals surface area contributed by atoms with Crippen LogP contribution in [0.4, 0.5) is 0 Å². The Kier molecular flexibility index (Phi) is 8.07. The van der Waals surface area contributed by atoms with E-state index in [2.05, 4.69) is 48.5 Å². The van der Waals surface area contributed by atoms with Gasteiger partial charge in [0.1, 0.15) is 12.3 Å². The third-order valence-corrected chi connectivity index (χ3v) is 6.46. The van der Waals surface area contributed by atoms with E-state index in [0.717, 1.165) is 20.5 Å². The number of halogens is 2. The molecule has 0 aliphatic rings. The second-order valence-corrected chi connectivity index (χ2v) is 8.45. The Hall–Kier alpha value is -2.67. The summed E-state index contributed by atoms with van der Waals surface area (Å²) in [5, 5.41) is 14.1. The fourth-order valence-electron chi connectivity index (χ4n) is 2.73. The Labute approximate surface area is 203 Å². The van der Waals surface area contributed by atoms with E-state index in [1.807, 2.05) is 20.8 Å². The maximum atomic E-state index is 12.2. The number of rotatable bonds is 9. The number of nitrogens with one attached hydrogen (secondary N) is 2. The summed E-state index contributed by atoms with van der Waals surface area (Å²) >= 11 is 8.19. The molecule has 10 nitrogen and oxygen atoms in total. The van der Waals surface area contributed by atoms with Gasteiger partial charge >= 0.3 is 11.8 Å². The summed E-state index contributed by atoms with van der Waals surface area (Å²) < 4.78 is 13.3. The van der Waals surface area contributed by atoms with Crippen LogP contribution in [-0.2, 0) is 11.3 Å². The van der Waals surface area contributed by atoms with Crippen LogP contribution in [0.5, 0.6) is 5.75 Å². The molecule has 2 aromatic heterocycles. The van der Waals surface area contributed by atoms with Crippen LogP contribution in [0.2, 0.25) is 5.02 Å². The largest absolute Gasteiger partial charge is 0.484 e. The van der Waals surface area contributed by atoms with Gasteiger partial charge in [-0.25, -0.2) is 0 Å². The maximum Gasteiger partial charge on any atom is 0.316 e. The fourth-order valence-corrected chi connectivity index (χ4v) is 3.24. The molecule has 0 unspecified atom stereocenters. The van der Waals surface area contributed by atoms with E-state index in [1.165, 1.54) is 0 Å². The summed E-state index contributed by atoms with van der Waals surface area (Å²) in [6.07, 6.45) is 0. The zero-order valence-corrected chi connectivity index (χ0v) is 20.7. The Balaban J connectivity index is 1.39. The Morgan fingerprint density at radius 1 is 1.22 bits per heavy atom. The van der Waals surface area contributed by atoms with Gasteiger partial charge in [0.05, 0.1) is 9.26 Å². The molecule has 0 fully saturated rings. The van der Waals surface area contributed by atoms with Gasteiger partial charge in [0.2, 0.25) is 0 Å². The monoisotopic (exact) mass is 572 g/mol. The number of hydrogen-bond acceptors (Lipinski definition) is 7. The Bertz CT molecular complexity index is 1130. The van der Waals surface area contributed by atoms with Crippen molar-refractivity contribution in [1.29, 1.82) is 0 Å². The molecule has 1 aromatic carbocycles. The first-order valence-corrected chi connectivity index (χ1v) is 11.2. The molecule has 0 saturated heterocycles. The van der Waals surface area contributed by atoms with Crippen molar-refractivity contribution in [3.8, 4) is 5.75 Å². The van der Waals surface area contributed by atoms with Crippen molar-refractivity contribution in [2.75, 3.05) is 19.7 Å². The third kappa shape index (κ3) is 6.19. The lowest BCUT2D eigenvalue weighted by atomic mass is 10.2. The lowest BCUT2D eigenvalue weighted by Crippen LogP contribution is -2.36. The zero-order chi connectivity index (χ0) is 23.3. The summed E-state index contributed by atoms with van der Waals surface area (Å²) in [5.74, 6) is -0.0814. The highest BCUT2D eigenvalue weighted by Gasteiger charge is 2.17. The number of hydrogen-bond donors (Lipinski definition) is 2. The van der Waals surface area contributed by atoms with Crippen LogP contribution in [0, 0.1) is 24.3 Å². The molecule has 0 atom stereocenters. The van der Waals surface area contributed by atoms with Crippen molar-refractivity contribution in [3.05, 3.63) is 55.5 Å². The normalized spacial score (nSPS) is 10.8. The molecule has 2 N–H and O–H groups in total. The number of carbonyl (C=O) groups is 2. The van der Waals surface area contributed by atoms with E-state index >= 15 is 0 Å². The minimum atomic E-state index is -0.520. The fraction of sp³-hybridized carbons (Fsp3) is 0.350. The van der Waals surface area contributed by atoms with Crippen LogP contribution in [-0.4, -0.2) is 51.4 Å². The Morgan fingerprint density at radius 3 is 2.66 bits per heavy atom. The number of aryl methyl sites for hydroxylation is 2. The van der Waals surface area contributed by atoms with Crippen LogP contribution in [0.1, 0.15) is 33.5 Å². The SMILES string of the molecule is Cc1cc(OCC(=O)NCCNC(=O)c2nc(Cn3nc(C)c(I)c3C)no2)ccc1Cl. The topological polar surface area (TPSA) is 124 Å². The summed E-state index contributed by atoms with van der Waals surface area (Å²) in [5.41, 5.74) is 2.77. The summed E-state index contributed by atoms with van der Waals surface area (Å²) in [6, 6.07) is 5.15. The van der Waals surface area contributed by atoms with Crippen LogP contribution >= 0.6 is 34.2 Å². The standard InChI is InChI=1S/C20H22ClIN6O4/c1-11-8-14(4-5-15(11)21)31-10-17(29)23-6-7-24-19(30)20-25-16(27-32-20)9-28-13(3)18(22)12(2)26-28/h4-5,8H,6-7,9-10H2,1-3H3,(H,23,29)(H,24,30). The van der Waals surface area contributed by atoms with Gasteiger partial charge in [0.15, 0.2) is 12.4 Å². The third-order valence-electron chi connectivity index (χ3n) is 4.48. The molecule has 0 saturated carbocycles.